The third-order valence-electron chi connectivity index (χ3n) is 2.58. The van der Waals surface area contributed by atoms with Gasteiger partial charge in [-0.1, -0.05) is 5.92 Å². The molecule has 1 aromatic carbocycles. The highest BCUT2D eigenvalue weighted by atomic mass is 16.5. The van der Waals surface area contributed by atoms with Gasteiger partial charge in [0.2, 0.25) is 0 Å². The van der Waals surface area contributed by atoms with Gasteiger partial charge in [0.1, 0.15) is 0 Å². The lowest BCUT2D eigenvalue weighted by Crippen LogP contribution is -2.02. The number of hydrogen-bond donors (Lipinski definition) is 0. The smallest absolute Gasteiger partial charge is 0.162 e. The van der Waals surface area contributed by atoms with Crippen molar-refractivity contribution in [3.05, 3.63) is 23.8 Å². The topological polar surface area (TPSA) is 18.5 Å². The Bertz CT molecular complexity index is 400. The Morgan fingerprint density at radius 1 is 1.31 bits per heavy atom. The predicted molar refractivity (Wildman–Crippen MR) is 63.8 cm³/mol. The minimum atomic E-state index is 0.619. The summed E-state index contributed by atoms with van der Waals surface area (Å²) in [6.45, 7) is 3.36. The first-order valence-electron chi connectivity index (χ1n) is 5.69. The molecular formula is C14H16O2. The zero-order chi connectivity index (χ0) is 11.4. The predicted octanol–water partition coefficient (Wildman–Crippen LogP) is 2.86. The maximum Gasteiger partial charge on any atom is 0.162 e. The van der Waals surface area contributed by atoms with E-state index in [4.69, 9.17) is 15.9 Å². The molecule has 0 saturated heterocycles. The van der Waals surface area contributed by atoms with Crippen molar-refractivity contribution >= 4 is 0 Å². The third-order valence-corrected chi connectivity index (χ3v) is 2.58. The minimum absolute atomic E-state index is 0.619. The molecule has 0 radical (unpaired) electrons. The number of ether oxygens (including phenoxy) is 2. The van der Waals surface area contributed by atoms with Crippen LogP contribution in [-0.4, -0.2) is 13.2 Å². The fourth-order valence-electron chi connectivity index (χ4n) is 1.48. The van der Waals surface area contributed by atoms with Crippen LogP contribution in [0.15, 0.2) is 18.2 Å². The van der Waals surface area contributed by atoms with Crippen molar-refractivity contribution in [2.75, 3.05) is 13.2 Å². The summed E-state index contributed by atoms with van der Waals surface area (Å²) in [6.07, 6.45) is 7.92. The van der Waals surface area contributed by atoms with Gasteiger partial charge in [-0.25, -0.2) is 0 Å². The van der Waals surface area contributed by atoms with Crippen LogP contribution in [0.5, 0.6) is 11.5 Å². The summed E-state index contributed by atoms with van der Waals surface area (Å²) in [5.41, 5.74) is 0.822. The van der Waals surface area contributed by atoms with Crippen molar-refractivity contribution in [2.24, 2.45) is 5.92 Å². The highest BCUT2D eigenvalue weighted by molar-refractivity contribution is 5.47. The molecule has 0 heterocycles. The van der Waals surface area contributed by atoms with Gasteiger partial charge in [-0.05, 0) is 43.9 Å². The van der Waals surface area contributed by atoms with Crippen molar-refractivity contribution in [2.45, 2.75) is 19.8 Å². The molecule has 0 aliphatic heterocycles. The van der Waals surface area contributed by atoms with Crippen LogP contribution in [0.4, 0.5) is 0 Å². The molecule has 1 fully saturated rings. The fourth-order valence-corrected chi connectivity index (χ4v) is 1.48. The molecule has 1 aliphatic carbocycles. The third kappa shape index (κ3) is 2.70. The zero-order valence-corrected chi connectivity index (χ0v) is 9.53. The zero-order valence-electron chi connectivity index (χ0n) is 9.53. The lowest BCUT2D eigenvalue weighted by molar-refractivity contribution is 0.267. The Morgan fingerprint density at radius 3 is 2.75 bits per heavy atom. The van der Waals surface area contributed by atoms with Crippen LogP contribution in [0, 0.1) is 18.3 Å². The second-order valence-electron chi connectivity index (χ2n) is 3.99. The van der Waals surface area contributed by atoms with Crippen LogP contribution in [0.2, 0.25) is 0 Å². The Kier molecular flexibility index (Phi) is 3.36. The van der Waals surface area contributed by atoms with Gasteiger partial charge >= 0.3 is 0 Å². The maximum atomic E-state index is 5.72. The van der Waals surface area contributed by atoms with E-state index in [2.05, 4.69) is 5.92 Å². The highest BCUT2D eigenvalue weighted by Gasteiger charge is 2.22. The van der Waals surface area contributed by atoms with E-state index in [1.807, 2.05) is 25.1 Å². The molecule has 1 aliphatic rings. The van der Waals surface area contributed by atoms with E-state index >= 15 is 0 Å². The molecule has 1 saturated carbocycles. The molecule has 0 bridgehead atoms. The van der Waals surface area contributed by atoms with Crippen molar-refractivity contribution in [3.63, 3.8) is 0 Å². The van der Waals surface area contributed by atoms with E-state index in [9.17, 15) is 0 Å². The number of terminal acetylenes is 1. The molecule has 84 valence electrons. The molecule has 2 rings (SSSR count). The lowest BCUT2D eigenvalue weighted by Gasteiger charge is -2.11. The van der Waals surface area contributed by atoms with Gasteiger partial charge in [0.25, 0.3) is 0 Å². The van der Waals surface area contributed by atoms with Crippen molar-refractivity contribution in [1.29, 1.82) is 0 Å². The Morgan fingerprint density at radius 2 is 2.12 bits per heavy atom. The van der Waals surface area contributed by atoms with Crippen LogP contribution in [0.25, 0.3) is 0 Å². The number of benzene rings is 1. The molecule has 2 heteroatoms. The van der Waals surface area contributed by atoms with Crippen molar-refractivity contribution < 1.29 is 9.47 Å². The molecule has 0 unspecified atom stereocenters. The average molecular weight is 216 g/mol. The van der Waals surface area contributed by atoms with Crippen LogP contribution in [0.1, 0.15) is 25.3 Å². The average Bonchev–Trinajstić information content (AvgIpc) is 3.11. The molecule has 0 aromatic heterocycles. The first-order chi connectivity index (χ1) is 7.83. The number of rotatable bonds is 5. The molecular weight excluding hydrogens is 200 g/mol. The Labute approximate surface area is 96.6 Å². The van der Waals surface area contributed by atoms with Gasteiger partial charge in [0.15, 0.2) is 11.5 Å². The summed E-state index contributed by atoms with van der Waals surface area (Å²) in [7, 11) is 0. The molecule has 0 spiro atoms. The summed E-state index contributed by atoms with van der Waals surface area (Å²) in [5.74, 6) is 4.88. The van der Waals surface area contributed by atoms with Gasteiger partial charge in [-0.15, -0.1) is 6.42 Å². The van der Waals surface area contributed by atoms with E-state index in [1.165, 1.54) is 12.8 Å². The van der Waals surface area contributed by atoms with Crippen molar-refractivity contribution in [1.82, 2.24) is 0 Å². The van der Waals surface area contributed by atoms with E-state index in [-0.39, 0.29) is 0 Å². The lowest BCUT2D eigenvalue weighted by atomic mass is 10.2. The molecule has 0 N–H and O–H groups in total. The normalized spacial score (nSPS) is 14.2. The first-order valence-corrected chi connectivity index (χ1v) is 5.69. The molecule has 1 aromatic rings. The van der Waals surface area contributed by atoms with Gasteiger partial charge in [-0.2, -0.15) is 0 Å². The van der Waals surface area contributed by atoms with Crippen LogP contribution >= 0.6 is 0 Å². The summed E-state index contributed by atoms with van der Waals surface area (Å²) in [4.78, 5) is 0. The summed E-state index contributed by atoms with van der Waals surface area (Å²) in [5, 5.41) is 0. The molecule has 16 heavy (non-hydrogen) atoms. The monoisotopic (exact) mass is 216 g/mol. The Balaban J connectivity index is 2.10. The van der Waals surface area contributed by atoms with E-state index in [1.54, 1.807) is 0 Å². The minimum Gasteiger partial charge on any atom is -0.490 e. The van der Waals surface area contributed by atoms with Gasteiger partial charge in [0, 0.05) is 5.56 Å². The summed E-state index contributed by atoms with van der Waals surface area (Å²) < 4.78 is 11.2. The standard InChI is InChI=1S/C14H16O2/c1-3-11-7-8-13(14(9-11)15-4-2)16-10-12-5-6-12/h1,7-9,12H,4-6,10H2,2H3. The maximum absolute atomic E-state index is 5.72. The van der Waals surface area contributed by atoms with Crippen LogP contribution in [-0.2, 0) is 0 Å². The number of hydrogen-bond acceptors (Lipinski definition) is 2. The van der Waals surface area contributed by atoms with Gasteiger partial charge < -0.3 is 9.47 Å². The second-order valence-corrected chi connectivity index (χ2v) is 3.99. The van der Waals surface area contributed by atoms with E-state index < -0.39 is 0 Å². The SMILES string of the molecule is C#Cc1ccc(OCC2CC2)c(OCC)c1. The van der Waals surface area contributed by atoms with E-state index in [0.717, 1.165) is 29.6 Å². The molecule has 2 nitrogen and oxygen atoms in total. The second kappa shape index (κ2) is 4.94. The largest absolute Gasteiger partial charge is 0.490 e. The van der Waals surface area contributed by atoms with Crippen LogP contribution < -0.4 is 9.47 Å². The first kappa shape index (κ1) is 10.9. The van der Waals surface area contributed by atoms with Crippen LogP contribution in [0.3, 0.4) is 0 Å². The molecule has 0 amide bonds. The fraction of sp³-hybridized carbons (Fsp3) is 0.429. The van der Waals surface area contributed by atoms with Crippen molar-refractivity contribution in [3.8, 4) is 23.8 Å². The summed E-state index contributed by atoms with van der Waals surface area (Å²) in [6, 6.07) is 5.62. The van der Waals surface area contributed by atoms with Gasteiger partial charge in [-0.3, -0.25) is 0 Å². The van der Waals surface area contributed by atoms with Gasteiger partial charge in [0.05, 0.1) is 13.2 Å². The Hall–Kier alpha value is -1.62. The van der Waals surface area contributed by atoms with E-state index in [0.29, 0.717) is 6.61 Å². The quantitative estimate of drug-likeness (QED) is 0.705. The molecule has 0 atom stereocenters. The highest BCUT2D eigenvalue weighted by Crippen LogP contribution is 2.33. The summed E-state index contributed by atoms with van der Waals surface area (Å²) >= 11 is 0.